The number of rotatable bonds is 5. The van der Waals surface area contributed by atoms with Crippen LogP contribution in [-0.2, 0) is 18.5 Å². The van der Waals surface area contributed by atoms with Gasteiger partial charge in [0.15, 0.2) is 5.82 Å². The summed E-state index contributed by atoms with van der Waals surface area (Å²) in [5.41, 5.74) is 2.28. The third kappa shape index (κ3) is 4.81. The molecule has 130 valence electrons. The van der Waals surface area contributed by atoms with Crippen LogP contribution in [0.15, 0.2) is 24.3 Å². The van der Waals surface area contributed by atoms with Crippen LogP contribution in [0.1, 0.15) is 63.3 Å². The molecule has 1 heterocycles. The van der Waals surface area contributed by atoms with Gasteiger partial charge in [0.05, 0.1) is 6.54 Å². The van der Waals surface area contributed by atoms with Crippen LogP contribution >= 0.6 is 0 Å². The highest BCUT2D eigenvalue weighted by atomic mass is 16.2. The Balaban J connectivity index is 1.85. The second-order valence-electron chi connectivity index (χ2n) is 7.25. The van der Waals surface area contributed by atoms with Crippen LogP contribution < -0.4 is 10.6 Å². The molecule has 0 fully saturated rings. The Hall–Kier alpha value is -2.37. The molecule has 1 aromatic heterocycles. The quantitative estimate of drug-likeness (QED) is 0.787. The molecule has 0 saturated heterocycles. The van der Waals surface area contributed by atoms with Crippen molar-refractivity contribution in [3.63, 3.8) is 0 Å². The Labute approximate surface area is 143 Å². The van der Waals surface area contributed by atoms with Crippen molar-refractivity contribution in [3.8, 4) is 0 Å². The maximum Gasteiger partial charge on any atom is 0.315 e. The van der Waals surface area contributed by atoms with E-state index in [4.69, 9.17) is 0 Å². The molecule has 0 atom stereocenters. The lowest BCUT2D eigenvalue weighted by Gasteiger charge is -2.13. The fourth-order valence-corrected chi connectivity index (χ4v) is 2.37. The predicted molar refractivity (Wildman–Crippen MR) is 94.7 cm³/mol. The molecule has 2 rings (SSSR count). The third-order valence-corrected chi connectivity index (χ3v) is 3.74. The zero-order chi connectivity index (χ0) is 17.7. The van der Waals surface area contributed by atoms with Crippen LogP contribution in [0.3, 0.4) is 0 Å². The van der Waals surface area contributed by atoms with Crippen molar-refractivity contribution in [2.45, 2.75) is 59.0 Å². The summed E-state index contributed by atoms with van der Waals surface area (Å²) in [6.45, 7) is 11.3. The average molecular weight is 329 g/mol. The third-order valence-electron chi connectivity index (χ3n) is 3.74. The van der Waals surface area contributed by atoms with Crippen LogP contribution in [0.5, 0.6) is 0 Å². The molecule has 0 aliphatic heterocycles. The first kappa shape index (κ1) is 18.0. The number of carbonyl (C=O) groups excluding carboxylic acids is 1. The van der Waals surface area contributed by atoms with Crippen molar-refractivity contribution >= 4 is 6.03 Å². The first-order valence-electron chi connectivity index (χ1n) is 8.28. The Morgan fingerprint density at radius 2 is 1.83 bits per heavy atom. The summed E-state index contributed by atoms with van der Waals surface area (Å²) in [7, 11) is 0. The van der Waals surface area contributed by atoms with Crippen LogP contribution in [0.25, 0.3) is 0 Å². The van der Waals surface area contributed by atoms with Gasteiger partial charge in [-0.2, -0.15) is 5.10 Å². The zero-order valence-electron chi connectivity index (χ0n) is 15.1. The number of hydrogen-bond acceptors (Lipinski definition) is 3. The second kappa shape index (κ2) is 7.47. The van der Waals surface area contributed by atoms with Crippen LogP contribution in [0, 0.1) is 0 Å². The monoisotopic (exact) mass is 329 g/mol. The average Bonchev–Trinajstić information content (AvgIpc) is 3.00. The van der Waals surface area contributed by atoms with Gasteiger partial charge in [-0.3, -0.25) is 5.10 Å². The van der Waals surface area contributed by atoms with E-state index in [9.17, 15) is 4.79 Å². The minimum Gasteiger partial charge on any atom is -0.334 e. The van der Waals surface area contributed by atoms with Crippen molar-refractivity contribution in [1.29, 1.82) is 0 Å². The van der Waals surface area contributed by atoms with Gasteiger partial charge in [-0.1, -0.05) is 58.9 Å². The maximum atomic E-state index is 12.0. The van der Waals surface area contributed by atoms with E-state index in [-0.39, 0.29) is 11.4 Å². The van der Waals surface area contributed by atoms with Gasteiger partial charge >= 0.3 is 6.03 Å². The van der Waals surface area contributed by atoms with E-state index >= 15 is 0 Å². The molecule has 6 heteroatoms. The van der Waals surface area contributed by atoms with Gasteiger partial charge in [-0.15, -0.1) is 0 Å². The number of nitrogens with one attached hydrogen (secondary N) is 3. The number of aromatic amines is 1. The number of carbonyl (C=O) groups is 1. The molecule has 2 amide bonds. The lowest BCUT2D eigenvalue weighted by molar-refractivity contribution is 0.240. The number of H-pyrrole nitrogens is 1. The molecule has 0 saturated carbocycles. The van der Waals surface area contributed by atoms with E-state index in [1.807, 2.05) is 39.0 Å². The minimum absolute atomic E-state index is 0.114. The topological polar surface area (TPSA) is 82.7 Å². The summed E-state index contributed by atoms with van der Waals surface area (Å²) in [6, 6.07) is 7.94. The molecule has 1 aromatic carbocycles. The molecule has 0 radical (unpaired) electrons. The van der Waals surface area contributed by atoms with Crippen LogP contribution in [0.4, 0.5) is 4.79 Å². The largest absolute Gasteiger partial charge is 0.334 e. The molecule has 0 unspecified atom stereocenters. The minimum atomic E-state index is -0.220. The van der Waals surface area contributed by atoms with Crippen LogP contribution in [-0.4, -0.2) is 21.2 Å². The van der Waals surface area contributed by atoms with Gasteiger partial charge in [0.25, 0.3) is 0 Å². The number of amides is 2. The smallest absolute Gasteiger partial charge is 0.315 e. The zero-order valence-corrected chi connectivity index (χ0v) is 15.1. The summed E-state index contributed by atoms with van der Waals surface area (Å²) >= 11 is 0. The van der Waals surface area contributed by atoms with E-state index in [0.29, 0.717) is 24.8 Å². The highest BCUT2D eigenvalue weighted by Crippen LogP contribution is 2.19. The molecule has 6 nitrogen and oxygen atoms in total. The van der Waals surface area contributed by atoms with E-state index < -0.39 is 0 Å². The van der Waals surface area contributed by atoms with Gasteiger partial charge < -0.3 is 10.6 Å². The summed E-state index contributed by atoms with van der Waals surface area (Å²) in [6.07, 6.45) is 0. The molecular weight excluding hydrogens is 302 g/mol. The molecule has 0 aliphatic rings. The Bertz CT molecular complexity index is 685. The second-order valence-corrected chi connectivity index (χ2v) is 7.25. The number of benzene rings is 1. The molecular formula is C18H27N5O. The van der Waals surface area contributed by atoms with Crippen LogP contribution in [0.2, 0.25) is 0 Å². The van der Waals surface area contributed by atoms with E-state index in [0.717, 1.165) is 11.4 Å². The Kier molecular flexibility index (Phi) is 5.59. The summed E-state index contributed by atoms with van der Waals surface area (Å²) in [5, 5.41) is 12.7. The number of aromatic nitrogens is 3. The predicted octanol–water partition coefficient (Wildman–Crippen LogP) is 3.23. The van der Waals surface area contributed by atoms with E-state index in [1.54, 1.807) is 0 Å². The lowest BCUT2D eigenvalue weighted by Crippen LogP contribution is -2.35. The van der Waals surface area contributed by atoms with E-state index in [2.05, 4.69) is 45.7 Å². The first-order chi connectivity index (χ1) is 11.3. The van der Waals surface area contributed by atoms with Gasteiger partial charge in [-0.05, 0) is 17.0 Å². The van der Waals surface area contributed by atoms with Gasteiger partial charge in [0, 0.05) is 12.0 Å². The summed E-state index contributed by atoms with van der Waals surface area (Å²) in [4.78, 5) is 16.4. The normalized spacial score (nSPS) is 11.6. The Morgan fingerprint density at radius 1 is 1.17 bits per heavy atom. The first-order valence-corrected chi connectivity index (χ1v) is 8.28. The van der Waals surface area contributed by atoms with Gasteiger partial charge in [0.2, 0.25) is 0 Å². The molecule has 3 N–H and O–H groups in total. The van der Waals surface area contributed by atoms with Crippen molar-refractivity contribution in [2.75, 3.05) is 0 Å². The van der Waals surface area contributed by atoms with Gasteiger partial charge in [-0.25, -0.2) is 9.78 Å². The SMILES string of the molecule is CC(C)c1ccccc1CNC(=O)NCc1nc(C(C)(C)C)n[nH]1. The number of urea groups is 1. The number of nitrogens with zero attached hydrogens (tertiary/aromatic N) is 2. The maximum absolute atomic E-state index is 12.0. The van der Waals surface area contributed by atoms with Crippen molar-refractivity contribution < 1.29 is 4.79 Å². The molecule has 0 aliphatic carbocycles. The highest BCUT2D eigenvalue weighted by molar-refractivity contribution is 5.73. The Morgan fingerprint density at radius 3 is 2.46 bits per heavy atom. The van der Waals surface area contributed by atoms with Crippen molar-refractivity contribution in [2.24, 2.45) is 0 Å². The fraction of sp³-hybridized carbons (Fsp3) is 0.500. The molecule has 24 heavy (non-hydrogen) atoms. The number of hydrogen-bond donors (Lipinski definition) is 3. The van der Waals surface area contributed by atoms with E-state index in [1.165, 1.54) is 5.56 Å². The highest BCUT2D eigenvalue weighted by Gasteiger charge is 2.19. The standard InChI is InChI=1S/C18H27N5O/c1-12(2)14-9-7-6-8-13(14)10-19-17(24)20-11-15-21-16(23-22-15)18(3,4)5/h6-9,12H,10-11H2,1-5H3,(H2,19,20,24)(H,21,22,23). The molecule has 0 bridgehead atoms. The fourth-order valence-electron chi connectivity index (χ4n) is 2.37. The van der Waals surface area contributed by atoms with Crippen molar-refractivity contribution in [3.05, 3.63) is 47.0 Å². The molecule has 0 spiro atoms. The lowest BCUT2D eigenvalue weighted by atomic mass is 9.96. The van der Waals surface area contributed by atoms with Crippen molar-refractivity contribution in [1.82, 2.24) is 25.8 Å². The molecule has 2 aromatic rings. The summed E-state index contributed by atoms with van der Waals surface area (Å²) in [5.74, 6) is 1.82. The summed E-state index contributed by atoms with van der Waals surface area (Å²) < 4.78 is 0. The van der Waals surface area contributed by atoms with Gasteiger partial charge in [0.1, 0.15) is 5.82 Å².